The van der Waals surface area contributed by atoms with Gasteiger partial charge in [-0.2, -0.15) is 0 Å². The molecule has 13 nitrogen and oxygen atoms in total. The Morgan fingerprint density at radius 2 is 1.05 bits per heavy atom. The maximum absolute atomic E-state index is 14.0. The lowest BCUT2D eigenvalue weighted by Gasteiger charge is -2.18. The fourth-order valence-electron chi connectivity index (χ4n) is 5.05. The highest BCUT2D eigenvalue weighted by Crippen LogP contribution is 2.33. The van der Waals surface area contributed by atoms with Gasteiger partial charge in [-0.1, -0.05) is 12.1 Å². The molecular weight excluding hydrogens is 542 g/mol. The van der Waals surface area contributed by atoms with Crippen LogP contribution in [0.5, 0.6) is 0 Å². The Kier molecular flexibility index (Phi) is 7.08. The van der Waals surface area contributed by atoms with Gasteiger partial charge in [-0.3, -0.25) is 40.0 Å². The van der Waals surface area contributed by atoms with Crippen molar-refractivity contribution in [2.75, 3.05) is 19.0 Å². The van der Waals surface area contributed by atoms with Crippen molar-refractivity contribution in [1.82, 2.24) is 19.6 Å². The van der Waals surface area contributed by atoms with Crippen LogP contribution in [-0.2, 0) is 0 Å². The Bertz CT molecular complexity index is 1800. The van der Waals surface area contributed by atoms with Crippen LogP contribution >= 0.6 is 0 Å². The molecule has 0 radical (unpaired) electrons. The van der Waals surface area contributed by atoms with E-state index in [2.05, 4.69) is 10.2 Å². The van der Waals surface area contributed by atoms with Crippen molar-refractivity contribution < 1.29 is 9.85 Å². The van der Waals surface area contributed by atoms with E-state index in [-0.39, 0.29) is 11.4 Å². The molecule has 5 aromatic rings. The van der Waals surface area contributed by atoms with Crippen LogP contribution in [0.25, 0.3) is 11.4 Å². The molecular formula is C29H27N7O6. The number of nitrogens with one attached hydrogen (secondary N) is 2. The van der Waals surface area contributed by atoms with Crippen LogP contribution in [-0.4, -0.2) is 43.5 Å². The summed E-state index contributed by atoms with van der Waals surface area (Å²) in [4.78, 5) is 51.1. The minimum Gasteiger partial charge on any atom is -0.378 e. The van der Waals surface area contributed by atoms with Crippen LogP contribution in [0, 0.1) is 34.1 Å². The van der Waals surface area contributed by atoms with Crippen molar-refractivity contribution in [1.29, 1.82) is 0 Å². The molecule has 5 rings (SSSR count). The number of nitrogens with zero attached hydrogens (tertiary/aromatic N) is 5. The molecule has 0 saturated carbocycles. The van der Waals surface area contributed by atoms with Crippen LogP contribution in [0.1, 0.15) is 34.0 Å². The smallest absolute Gasteiger partial charge is 0.275 e. The van der Waals surface area contributed by atoms with Gasteiger partial charge in [-0.05, 0) is 55.8 Å². The number of nitro benzene ring substituents is 2. The Balaban J connectivity index is 1.70. The zero-order valence-electron chi connectivity index (χ0n) is 23.2. The predicted molar refractivity (Wildman–Crippen MR) is 157 cm³/mol. The van der Waals surface area contributed by atoms with Gasteiger partial charge >= 0.3 is 0 Å². The molecule has 0 aliphatic carbocycles. The summed E-state index contributed by atoms with van der Waals surface area (Å²) in [6, 6.07) is 18.7. The van der Waals surface area contributed by atoms with Gasteiger partial charge in [0.15, 0.2) is 0 Å². The highest BCUT2D eigenvalue weighted by Gasteiger charge is 2.31. The SMILES string of the molecule is Cc1[nH]n(-c2ccc([N+](=O)[O-])cc2)c(=O)c1C(c1ccc(N(C)C)cc1)c1c(C)[nH]n(-c2ccc([N+](=O)[O-])cc2)c1=O. The number of non-ortho nitro benzene ring substituents is 2. The van der Waals surface area contributed by atoms with Gasteiger partial charge in [0.05, 0.1) is 32.3 Å². The van der Waals surface area contributed by atoms with Gasteiger partial charge in [0, 0.05) is 61.4 Å². The third kappa shape index (κ3) is 4.87. The summed E-state index contributed by atoms with van der Waals surface area (Å²) in [7, 11) is 3.82. The monoisotopic (exact) mass is 569 g/mol. The van der Waals surface area contributed by atoms with E-state index in [0.717, 1.165) is 5.69 Å². The predicted octanol–water partition coefficient (Wildman–Crippen LogP) is 4.32. The number of anilines is 1. The van der Waals surface area contributed by atoms with Crippen molar-refractivity contribution in [3.8, 4) is 11.4 Å². The number of aromatic amines is 2. The molecule has 3 aromatic carbocycles. The maximum Gasteiger partial charge on any atom is 0.275 e. The molecule has 0 saturated heterocycles. The van der Waals surface area contributed by atoms with Crippen molar-refractivity contribution in [2.24, 2.45) is 0 Å². The number of H-pyrrole nitrogens is 2. The first-order chi connectivity index (χ1) is 20.0. The standard InChI is InChI=1S/C29H27N7O6/c1-17-25(28(37)33(30-17)21-9-13-23(14-10-21)35(39)40)27(19-5-7-20(8-6-19)32(3)4)26-18(2)31-34(29(26)38)22-11-15-24(16-12-22)36(41)42/h5-16,27,30-31H,1-4H3. The van der Waals surface area contributed by atoms with Gasteiger partial charge in [0.25, 0.3) is 22.5 Å². The van der Waals surface area contributed by atoms with Crippen LogP contribution in [0.15, 0.2) is 82.4 Å². The zero-order chi connectivity index (χ0) is 30.3. The van der Waals surface area contributed by atoms with E-state index >= 15 is 0 Å². The first-order valence-corrected chi connectivity index (χ1v) is 12.9. The van der Waals surface area contributed by atoms with Gasteiger partial charge in [0.1, 0.15) is 0 Å². The second-order valence-electron chi connectivity index (χ2n) is 10.0. The Labute approximate surface area is 238 Å². The van der Waals surface area contributed by atoms with Crippen molar-refractivity contribution in [2.45, 2.75) is 19.8 Å². The normalized spacial score (nSPS) is 11.2. The minimum absolute atomic E-state index is 0.107. The summed E-state index contributed by atoms with van der Waals surface area (Å²) >= 11 is 0. The molecule has 0 amide bonds. The number of hydrogen-bond donors (Lipinski definition) is 2. The van der Waals surface area contributed by atoms with E-state index in [0.29, 0.717) is 39.5 Å². The molecule has 0 aliphatic rings. The maximum atomic E-state index is 14.0. The zero-order valence-corrected chi connectivity index (χ0v) is 23.2. The molecule has 0 atom stereocenters. The molecule has 2 aromatic heterocycles. The summed E-state index contributed by atoms with van der Waals surface area (Å²) in [5.74, 6) is -0.785. The average molecular weight is 570 g/mol. The van der Waals surface area contributed by atoms with E-state index in [1.165, 1.54) is 57.9 Å². The quantitative estimate of drug-likeness (QED) is 0.207. The van der Waals surface area contributed by atoms with E-state index < -0.39 is 26.9 Å². The highest BCUT2D eigenvalue weighted by molar-refractivity contribution is 5.53. The molecule has 214 valence electrons. The van der Waals surface area contributed by atoms with Crippen LogP contribution in [0.2, 0.25) is 0 Å². The Morgan fingerprint density at radius 3 is 1.38 bits per heavy atom. The molecule has 0 fully saturated rings. The molecule has 0 spiro atoms. The van der Waals surface area contributed by atoms with Crippen LogP contribution in [0.3, 0.4) is 0 Å². The summed E-state index contributed by atoms with van der Waals surface area (Å²) in [5, 5.41) is 28.4. The number of benzene rings is 3. The van der Waals surface area contributed by atoms with Gasteiger partial charge in [-0.15, -0.1) is 0 Å². The van der Waals surface area contributed by atoms with Crippen LogP contribution < -0.4 is 16.0 Å². The second-order valence-corrected chi connectivity index (χ2v) is 10.0. The highest BCUT2D eigenvalue weighted by atomic mass is 16.6. The summed E-state index contributed by atoms with van der Waals surface area (Å²) in [6.45, 7) is 3.47. The van der Waals surface area contributed by atoms with Gasteiger partial charge in [-0.25, -0.2) is 9.36 Å². The van der Waals surface area contributed by atoms with E-state index in [1.54, 1.807) is 13.8 Å². The summed E-state index contributed by atoms with van der Waals surface area (Å²) < 4.78 is 2.60. The lowest BCUT2D eigenvalue weighted by molar-refractivity contribution is -0.385. The number of rotatable bonds is 8. The Hall–Kier alpha value is -5.72. The van der Waals surface area contributed by atoms with Gasteiger partial charge in [0.2, 0.25) is 0 Å². The number of nitro groups is 2. The Morgan fingerprint density at radius 1 is 0.667 bits per heavy atom. The van der Waals surface area contributed by atoms with Crippen molar-refractivity contribution in [3.05, 3.63) is 142 Å². The van der Waals surface area contributed by atoms with E-state index in [9.17, 15) is 29.8 Å². The average Bonchev–Trinajstić information content (AvgIpc) is 3.43. The van der Waals surface area contributed by atoms with E-state index in [4.69, 9.17) is 0 Å². The molecule has 0 unspecified atom stereocenters. The summed E-state index contributed by atoms with van der Waals surface area (Å²) in [6.07, 6.45) is 0. The molecule has 2 N–H and O–H groups in total. The summed E-state index contributed by atoms with van der Waals surface area (Å²) in [5.41, 5.74) is 3.09. The molecule has 0 bridgehead atoms. The number of aromatic nitrogens is 4. The second kappa shape index (κ2) is 10.7. The van der Waals surface area contributed by atoms with Gasteiger partial charge < -0.3 is 4.90 Å². The third-order valence-corrected chi connectivity index (χ3v) is 7.19. The molecule has 13 heteroatoms. The lowest BCUT2D eigenvalue weighted by Crippen LogP contribution is -2.25. The lowest BCUT2D eigenvalue weighted by atomic mass is 9.85. The third-order valence-electron chi connectivity index (χ3n) is 7.19. The molecule has 0 aliphatic heterocycles. The molecule has 42 heavy (non-hydrogen) atoms. The fourth-order valence-corrected chi connectivity index (χ4v) is 5.05. The van der Waals surface area contributed by atoms with Crippen molar-refractivity contribution >= 4 is 17.1 Å². The van der Waals surface area contributed by atoms with Crippen LogP contribution in [0.4, 0.5) is 17.1 Å². The number of aryl methyl sites for hydroxylation is 2. The molecule has 2 heterocycles. The number of hydrogen-bond acceptors (Lipinski definition) is 7. The first-order valence-electron chi connectivity index (χ1n) is 12.9. The minimum atomic E-state index is -0.785. The largest absolute Gasteiger partial charge is 0.378 e. The fraction of sp³-hybridized carbons (Fsp3) is 0.172. The van der Waals surface area contributed by atoms with Crippen molar-refractivity contribution in [3.63, 3.8) is 0 Å². The van der Waals surface area contributed by atoms with E-state index in [1.807, 2.05) is 43.3 Å². The first kappa shape index (κ1) is 27.8. The topological polar surface area (TPSA) is 165 Å².